The molecule has 262 valence electrons. The summed E-state index contributed by atoms with van der Waals surface area (Å²) >= 11 is 0. The lowest BCUT2D eigenvalue weighted by Gasteiger charge is -2.40. The summed E-state index contributed by atoms with van der Waals surface area (Å²) in [5.74, 6) is 1.77. The van der Waals surface area contributed by atoms with Gasteiger partial charge in [-0.15, -0.1) is 0 Å². The van der Waals surface area contributed by atoms with Gasteiger partial charge in [-0.1, -0.05) is 140 Å². The van der Waals surface area contributed by atoms with Gasteiger partial charge in [0.05, 0.1) is 5.41 Å². The minimum absolute atomic E-state index is 0.626. The lowest BCUT2D eigenvalue weighted by molar-refractivity contribution is 0.438. The molecule has 2 heterocycles. The molecular weight excluding hydrogens is 683 g/mol. The summed E-state index contributed by atoms with van der Waals surface area (Å²) in [7, 11) is 0. The summed E-state index contributed by atoms with van der Waals surface area (Å²) in [6.45, 7) is 0. The lowest BCUT2D eigenvalue weighted by atomic mass is 9.65. The molecule has 1 aliphatic carbocycles. The van der Waals surface area contributed by atoms with Crippen LogP contribution < -0.4 is 9.64 Å². The minimum atomic E-state index is -0.626. The number of hydrogen-bond acceptors (Lipinski definition) is 3. The average molecular weight is 716 g/mol. The molecule has 1 aromatic heterocycles. The SMILES string of the molecule is c1ccc(-c2ccc(N(c3ccc4c(c3)C3(c5ccccc5Oc5ccc6ccccc6c53)c3ccccc3-4)c3ccc4c(c3)oc3ccccc34)cc2)cc1. The maximum Gasteiger partial charge on any atom is 0.137 e. The van der Waals surface area contributed by atoms with Gasteiger partial charge in [-0.25, -0.2) is 0 Å². The maximum atomic E-state index is 6.81. The Labute approximate surface area is 324 Å². The third kappa shape index (κ3) is 4.34. The predicted octanol–water partition coefficient (Wildman–Crippen LogP) is 14.3. The van der Waals surface area contributed by atoms with Crippen LogP contribution in [0.1, 0.15) is 22.3 Å². The molecule has 1 atom stereocenters. The fourth-order valence-electron chi connectivity index (χ4n) is 9.54. The molecule has 9 aromatic carbocycles. The van der Waals surface area contributed by atoms with E-state index in [0.29, 0.717) is 0 Å². The Balaban J connectivity index is 1.14. The number of rotatable bonds is 4. The van der Waals surface area contributed by atoms with Crippen LogP contribution in [0.5, 0.6) is 11.5 Å². The van der Waals surface area contributed by atoms with Crippen molar-refractivity contribution in [2.75, 3.05) is 4.90 Å². The standard InChI is InChI=1S/C53H33NO2/c1-2-12-34(13-3-1)35-22-25-37(26-23-35)54(39-28-30-44-43-17-7-10-20-48(43)55-51(44)33-39)38-27-29-42-41-16-6-8-18-45(41)53(47(42)32-38)46-19-9-11-21-49(46)56-50-31-24-36-14-4-5-15-40(36)52(50)53/h1-33H. The number of anilines is 3. The topological polar surface area (TPSA) is 25.6 Å². The summed E-state index contributed by atoms with van der Waals surface area (Å²) in [6, 6.07) is 72.0. The summed E-state index contributed by atoms with van der Waals surface area (Å²) < 4.78 is 13.3. The highest BCUT2D eigenvalue weighted by Gasteiger charge is 2.52. The molecule has 0 bridgehead atoms. The first-order chi connectivity index (χ1) is 27.8. The Bertz CT molecular complexity index is 3180. The van der Waals surface area contributed by atoms with Gasteiger partial charge in [0.25, 0.3) is 0 Å². The van der Waals surface area contributed by atoms with Gasteiger partial charge in [0.1, 0.15) is 22.7 Å². The van der Waals surface area contributed by atoms with Crippen molar-refractivity contribution in [1.29, 1.82) is 0 Å². The third-order valence-electron chi connectivity index (χ3n) is 11.9. The Morgan fingerprint density at radius 2 is 1.02 bits per heavy atom. The number of para-hydroxylation sites is 2. The molecule has 3 heteroatoms. The van der Waals surface area contributed by atoms with E-state index in [2.05, 4.69) is 193 Å². The van der Waals surface area contributed by atoms with Gasteiger partial charge in [0, 0.05) is 45.0 Å². The highest BCUT2D eigenvalue weighted by atomic mass is 16.5. The van der Waals surface area contributed by atoms with Gasteiger partial charge in [-0.2, -0.15) is 0 Å². The molecule has 2 aliphatic rings. The summed E-state index contributed by atoms with van der Waals surface area (Å²) in [4.78, 5) is 2.37. The lowest BCUT2D eigenvalue weighted by Crippen LogP contribution is -2.32. The van der Waals surface area contributed by atoms with Crippen LogP contribution >= 0.6 is 0 Å². The zero-order chi connectivity index (χ0) is 36.8. The minimum Gasteiger partial charge on any atom is -0.457 e. The van der Waals surface area contributed by atoms with Crippen LogP contribution in [0.2, 0.25) is 0 Å². The Hall–Kier alpha value is -7.36. The molecule has 0 N–H and O–H groups in total. The number of fused-ring (bicyclic) bond motifs is 14. The quantitative estimate of drug-likeness (QED) is 0.181. The molecule has 0 fully saturated rings. The molecule has 10 aromatic rings. The fraction of sp³-hybridized carbons (Fsp3) is 0.0189. The van der Waals surface area contributed by atoms with Crippen molar-refractivity contribution in [3.05, 3.63) is 222 Å². The molecular formula is C53H33NO2. The first-order valence-electron chi connectivity index (χ1n) is 19.2. The van der Waals surface area contributed by atoms with E-state index >= 15 is 0 Å². The van der Waals surface area contributed by atoms with E-state index in [0.717, 1.165) is 56.1 Å². The van der Waals surface area contributed by atoms with Crippen LogP contribution in [0.25, 0.3) is 55.0 Å². The summed E-state index contributed by atoms with van der Waals surface area (Å²) in [5.41, 5.74) is 13.9. The van der Waals surface area contributed by atoms with Crippen molar-refractivity contribution in [3.63, 3.8) is 0 Å². The maximum absolute atomic E-state index is 6.81. The highest BCUT2D eigenvalue weighted by molar-refractivity contribution is 6.06. The van der Waals surface area contributed by atoms with Gasteiger partial charge in [-0.05, 0) is 98.8 Å². The van der Waals surface area contributed by atoms with Gasteiger partial charge in [-0.3, -0.25) is 0 Å². The number of benzene rings is 9. The Morgan fingerprint density at radius 1 is 0.375 bits per heavy atom. The van der Waals surface area contributed by atoms with Crippen LogP contribution in [-0.2, 0) is 5.41 Å². The van der Waals surface area contributed by atoms with Crippen molar-refractivity contribution in [1.82, 2.24) is 0 Å². The second kappa shape index (κ2) is 11.8. The van der Waals surface area contributed by atoms with Crippen LogP contribution in [0.15, 0.2) is 205 Å². The summed E-state index contributed by atoms with van der Waals surface area (Å²) in [5, 5.41) is 4.61. The molecule has 1 unspecified atom stereocenters. The highest BCUT2D eigenvalue weighted by Crippen LogP contribution is 2.64. The number of nitrogens with zero attached hydrogens (tertiary/aromatic N) is 1. The van der Waals surface area contributed by atoms with Crippen LogP contribution in [0.4, 0.5) is 17.1 Å². The van der Waals surface area contributed by atoms with Gasteiger partial charge in [0.2, 0.25) is 0 Å². The van der Waals surface area contributed by atoms with E-state index < -0.39 is 5.41 Å². The predicted molar refractivity (Wildman–Crippen MR) is 229 cm³/mol. The van der Waals surface area contributed by atoms with Crippen LogP contribution in [-0.4, -0.2) is 0 Å². The van der Waals surface area contributed by atoms with E-state index in [1.165, 1.54) is 49.7 Å². The molecule has 1 aliphatic heterocycles. The van der Waals surface area contributed by atoms with Crippen molar-refractivity contribution in [2.24, 2.45) is 0 Å². The fourth-order valence-corrected chi connectivity index (χ4v) is 9.54. The second-order valence-electron chi connectivity index (χ2n) is 14.8. The van der Waals surface area contributed by atoms with E-state index in [1.54, 1.807) is 0 Å². The average Bonchev–Trinajstić information content (AvgIpc) is 3.77. The van der Waals surface area contributed by atoms with Gasteiger partial charge < -0.3 is 14.1 Å². The smallest absolute Gasteiger partial charge is 0.137 e. The van der Waals surface area contributed by atoms with E-state index in [-0.39, 0.29) is 0 Å². The zero-order valence-corrected chi connectivity index (χ0v) is 30.3. The number of furan rings is 1. The largest absolute Gasteiger partial charge is 0.457 e. The molecule has 3 nitrogen and oxygen atoms in total. The van der Waals surface area contributed by atoms with E-state index in [1.807, 2.05) is 12.1 Å². The van der Waals surface area contributed by atoms with Crippen molar-refractivity contribution in [2.45, 2.75) is 5.41 Å². The van der Waals surface area contributed by atoms with Gasteiger partial charge in [0.15, 0.2) is 0 Å². The number of ether oxygens (including phenoxy) is 1. The van der Waals surface area contributed by atoms with Crippen molar-refractivity contribution < 1.29 is 9.15 Å². The Morgan fingerprint density at radius 3 is 1.91 bits per heavy atom. The van der Waals surface area contributed by atoms with E-state index in [9.17, 15) is 0 Å². The normalized spacial score (nSPS) is 15.0. The first-order valence-corrected chi connectivity index (χ1v) is 19.2. The zero-order valence-electron chi connectivity index (χ0n) is 30.3. The molecule has 0 amide bonds. The molecule has 0 saturated heterocycles. The molecule has 0 radical (unpaired) electrons. The molecule has 56 heavy (non-hydrogen) atoms. The van der Waals surface area contributed by atoms with Crippen molar-refractivity contribution >= 4 is 49.8 Å². The molecule has 1 spiro atoms. The molecule has 0 saturated carbocycles. The monoisotopic (exact) mass is 715 g/mol. The molecule has 12 rings (SSSR count). The summed E-state index contributed by atoms with van der Waals surface area (Å²) in [6.07, 6.45) is 0. The second-order valence-corrected chi connectivity index (χ2v) is 14.8. The number of hydrogen-bond donors (Lipinski definition) is 0. The van der Waals surface area contributed by atoms with E-state index in [4.69, 9.17) is 9.15 Å². The van der Waals surface area contributed by atoms with Crippen LogP contribution in [0, 0.1) is 0 Å². The third-order valence-corrected chi connectivity index (χ3v) is 11.9. The van der Waals surface area contributed by atoms with Crippen LogP contribution in [0.3, 0.4) is 0 Å². The first kappa shape index (κ1) is 31.0. The van der Waals surface area contributed by atoms with Crippen molar-refractivity contribution in [3.8, 4) is 33.8 Å². The van der Waals surface area contributed by atoms with Gasteiger partial charge >= 0.3 is 0 Å². The Kier molecular flexibility index (Phi) is 6.55.